The van der Waals surface area contributed by atoms with Crippen LogP contribution < -0.4 is 0 Å². The van der Waals surface area contributed by atoms with Crippen molar-refractivity contribution in [2.24, 2.45) is 0 Å². The van der Waals surface area contributed by atoms with Crippen LogP contribution in [-0.4, -0.2) is 142 Å². The fourth-order valence-corrected chi connectivity index (χ4v) is 4.62. The maximum atomic E-state index is 12.4. The average Bonchev–Trinajstić information content (AvgIpc) is 2.99. The Kier molecular flexibility index (Phi) is 17.3. The van der Waals surface area contributed by atoms with Gasteiger partial charge in [-0.25, -0.2) is 0 Å². The van der Waals surface area contributed by atoms with E-state index in [1.165, 1.54) is 0 Å². The number of rotatable bonds is 19. The molecular weight excluding hydrogens is 576 g/mol. The number of aliphatic hydroxyl groups is 7. The average molecular weight is 627 g/mol. The molecular formula is C28H50O15. The van der Waals surface area contributed by atoms with Crippen LogP contribution in [0.25, 0.3) is 0 Å². The van der Waals surface area contributed by atoms with Crippen LogP contribution in [0.5, 0.6) is 0 Å². The third-order valence-corrected chi connectivity index (χ3v) is 7.34. The lowest BCUT2D eigenvalue weighted by molar-refractivity contribution is -0.332. The van der Waals surface area contributed by atoms with Crippen LogP contribution in [0.1, 0.15) is 71.6 Å². The Morgan fingerprint density at radius 3 is 1.81 bits per heavy atom. The van der Waals surface area contributed by atoms with Crippen molar-refractivity contribution in [2.75, 3.05) is 26.4 Å². The van der Waals surface area contributed by atoms with Gasteiger partial charge in [0, 0.05) is 12.8 Å². The van der Waals surface area contributed by atoms with Crippen molar-refractivity contribution < 1.29 is 73.8 Å². The van der Waals surface area contributed by atoms with Crippen LogP contribution in [0.4, 0.5) is 0 Å². The first kappa shape index (κ1) is 37.7. The molecule has 0 aliphatic carbocycles. The highest BCUT2D eigenvalue weighted by Crippen LogP contribution is 2.26. The van der Waals surface area contributed by atoms with Crippen molar-refractivity contribution in [3.63, 3.8) is 0 Å². The van der Waals surface area contributed by atoms with Gasteiger partial charge in [0.05, 0.1) is 19.8 Å². The molecule has 43 heavy (non-hydrogen) atoms. The van der Waals surface area contributed by atoms with Gasteiger partial charge in [-0.2, -0.15) is 0 Å². The summed E-state index contributed by atoms with van der Waals surface area (Å²) in [6.45, 7) is 2.16. The molecule has 2 fully saturated rings. The highest BCUT2D eigenvalue weighted by molar-refractivity contribution is 5.70. The number of ether oxygens (including phenoxy) is 6. The van der Waals surface area contributed by atoms with E-state index in [-0.39, 0.29) is 26.1 Å². The van der Waals surface area contributed by atoms with Gasteiger partial charge in [0.25, 0.3) is 0 Å². The number of hydrogen-bond donors (Lipinski definition) is 7. The van der Waals surface area contributed by atoms with Crippen LogP contribution in [0, 0.1) is 0 Å². The van der Waals surface area contributed by atoms with Crippen LogP contribution in [-0.2, 0) is 38.0 Å². The number of esters is 2. The maximum absolute atomic E-state index is 12.4. The van der Waals surface area contributed by atoms with Gasteiger partial charge in [0.2, 0.25) is 0 Å². The summed E-state index contributed by atoms with van der Waals surface area (Å²) in [6, 6.07) is 0. The highest BCUT2D eigenvalue weighted by Gasteiger charge is 2.47. The minimum Gasteiger partial charge on any atom is -0.462 e. The van der Waals surface area contributed by atoms with Gasteiger partial charge in [-0.05, 0) is 12.8 Å². The maximum Gasteiger partial charge on any atom is 0.306 e. The number of aliphatic hydroxyl groups excluding tert-OH is 7. The Hall–Kier alpha value is -1.50. The third kappa shape index (κ3) is 12.1. The second-order valence-electron chi connectivity index (χ2n) is 10.9. The van der Waals surface area contributed by atoms with Crippen LogP contribution in [0.15, 0.2) is 0 Å². The molecule has 0 aromatic carbocycles. The van der Waals surface area contributed by atoms with E-state index in [1.807, 2.05) is 13.8 Å². The smallest absolute Gasteiger partial charge is 0.306 e. The summed E-state index contributed by atoms with van der Waals surface area (Å²) in [5.74, 6) is -0.978. The molecule has 0 amide bonds. The van der Waals surface area contributed by atoms with Gasteiger partial charge in [0.1, 0.15) is 55.4 Å². The van der Waals surface area contributed by atoms with E-state index in [2.05, 4.69) is 0 Å². The SMILES string of the molecule is CCCCCCC(=O)O[C@H](COC(=O)CCCCC)CO[C@@H]1O[C@H](CO[C@H]2O[C@H](CO)[C@H](O)[C@H](O)[C@H]2O)[C@H](O)[C@H](O)[C@H]1O. The van der Waals surface area contributed by atoms with E-state index < -0.39 is 92.7 Å². The van der Waals surface area contributed by atoms with Gasteiger partial charge >= 0.3 is 11.9 Å². The molecule has 2 saturated heterocycles. The quantitative estimate of drug-likeness (QED) is 0.0648. The van der Waals surface area contributed by atoms with E-state index in [1.54, 1.807) is 0 Å². The molecule has 2 aliphatic rings. The van der Waals surface area contributed by atoms with Gasteiger partial charge in [-0.1, -0.05) is 46.0 Å². The Morgan fingerprint density at radius 2 is 1.19 bits per heavy atom. The summed E-state index contributed by atoms with van der Waals surface area (Å²) in [5.41, 5.74) is 0. The Bertz CT molecular complexity index is 798. The number of hydrogen-bond acceptors (Lipinski definition) is 15. The van der Waals surface area contributed by atoms with E-state index >= 15 is 0 Å². The molecule has 2 aliphatic heterocycles. The number of carbonyl (C=O) groups is 2. The van der Waals surface area contributed by atoms with Crippen molar-refractivity contribution >= 4 is 11.9 Å². The van der Waals surface area contributed by atoms with Crippen LogP contribution in [0.3, 0.4) is 0 Å². The zero-order valence-electron chi connectivity index (χ0n) is 24.9. The molecule has 0 unspecified atom stereocenters. The zero-order valence-corrected chi connectivity index (χ0v) is 24.9. The standard InChI is InChI=1S/C28H50O15/c1-3-5-7-9-11-20(31)41-16(13-38-19(30)10-8-6-4-2)14-39-27-26(37)24(35)22(33)18(43-27)15-40-28-25(36)23(34)21(32)17(12-29)42-28/h16-18,21-29,32-37H,3-15H2,1-2H3/t16-,17-,18-,21+,22+,23+,24+,25-,26-,27-,28+/m1/s1. The molecule has 15 heteroatoms. The van der Waals surface area contributed by atoms with Crippen molar-refractivity contribution in [3.05, 3.63) is 0 Å². The lowest BCUT2D eigenvalue weighted by Gasteiger charge is -2.42. The van der Waals surface area contributed by atoms with E-state index in [0.29, 0.717) is 12.8 Å². The summed E-state index contributed by atoms with van der Waals surface area (Å²) in [6.07, 6.45) is -10.5. The molecule has 0 radical (unpaired) electrons. The van der Waals surface area contributed by atoms with Gasteiger partial charge in [-0.15, -0.1) is 0 Å². The lowest BCUT2D eigenvalue weighted by atomic mass is 9.98. The summed E-state index contributed by atoms with van der Waals surface area (Å²) in [5, 5.41) is 70.7. The fraction of sp³-hybridized carbons (Fsp3) is 0.929. The van der Waals surface area contributed by atoms with E-state index in [9.17, 15) is 45.3 Å². The molecule has 7 N–H and O–H groups in total. The van der Waals surface area contributed by atoms with Crippen LogP contribution in [0.2, 0.25) is 0 Å². The van der Waals surface area contributed by atoms with E-state index in [0.717, 1.165) is 32.1 Å². The van der Waals surface area contributed by atoms with Gasteiger partial charge < -0.3 is 64.2 Å². The first-order valence-electron chi connectivity index (χ1n) is 15.1. The molecule has 0 saturated carbocycles. The van der Waals surface area contributed by atoms with Gasteiger partial charge in [0.15, 0.2) is 18.7 Å². The van der Waals surface area contributed by atoms with Crippen molar-refractivity contribution in [2.45, 2.75) is 139 Å². The zero-order chi connectivity index (χ0) is 31.9. The Morgan fingerprint density at radius 1 is 0.651 bits per heavy atom. The summed E-state index contributed by atoms with van der Waals surface area (Å²) < 4.78 is 32.6. The first-order valence-corrected chi connectivity index (χ1v) is 15.1. The summed E-state index contributed by atoms with van der Waals surface area (Å²) >= 11 is 0. The van der Waals surface area contributed by atoms with Crippen molar-refractivity contribution in [1.82, 2.24) is 0 Å². The molecule has 2 rings (SSSR count). The predicted octanol–water partition coefficient (Wildman–Crippen LogP) is -1.37. The molecule has 11 atom stereocenters. The minimum atomic E-state index is -1.75. The molecule has 0 bridgehead atoms. The van der Waals surface area contributed by atoms with Crippen molar-refractivity contribution in [3.8, 4) is 0 Å². The van der Waals surface area contributed by atoms with Crippen LogP contribution >= 0.6 is 0 Å². The minimum absolute atomic E-state index is 0.159. The highest BCUT2D eigenvalue weighted by atomic mass is 16.7. The Balaban J connectivity index is 1.98. The van der Waals surface area contributed by atoms with Crippen molar-refractivity contribution in [1.29, 1.82) is 0 Å². The molecule has 15 nitrogen and oxygen atoms in total. The predicted molar refractivity (Wildman–Crippen MR) is 146 cm³/mol. The topological polar surface area (TPSA) is 231 Å². The van der Waals surface area contributed by atoms with E-state index in [4.69, 9.17) is 28.4 Å². The number of carbonyl (C=O) groups excluding carboxylic acids is 2. The third-order valence-electron chi connectivity index (χ3n) is 7.34. The molecule has 2 heterocycles. The summed E-state index contributed by atoms with van der Waals surface area (Å²) in [4.78, 5) is 24.5. The molecule has 0 aromatic rings. The molecule has 0 aromatic heterocycles. The second kappa shape index (κ2) is 19.8. The lowest BCUT2D eigenvalue weighted by Crippen LogP contribution is -2.61. The summed E-state index contributed by atoms with van der Waals surface area (Å²) in [7, 11) is 0. The molecule has 252 valence electrons. The second-order valence-corrected chi connectivity index (χ2v) is 10.9. The fourth-order valence-electron chi connectivity index (χ4n) is 4.62. The first-order chi connectivity index (χ1) is 20.5. The normalized spacial score (nSPS) is 33.6. The van der Waals surface area contributed by atoms with Gasteiger partial charge in [-0.3, -0.25) is 9.59 Å². The Labute approximate surface area is 251 Å². The largest absolute Gasteiger partial charge is 0.462 e. The monoisotopic (exact) mass is 626 g/mol. The number of unbranched alkanes of at least 4 members (excludes halogenated alkanes) is 5. The molecule has 0 spiro atoms.